The van der Waals surface area contributed by atoms with Crippen molar-refractivity contribution in [2.45, 2.75) is 24.7 Å². The first kappa shape index (κ1) is 67.8. The summed E-state index contributed by atoms with van der Waals surface area (Å²) in [6.07, 6.45) is -20.5. The number of alkyl halides is 12. The monoisotopic (exact) mass is 1450 g/mol. The lowest BCUT2D eigenvalue weighted by Gasteiger charge is -2.21. The predicted molar refractivity (Wildman–Crippen MR) is 396 cm³/mol. The Morgan fingerprint density at radius 2 is 0.509 bits per heavy atom. The topological polar surface area (TPSA) is 87.2 Å². The highest BCUT2D eigenvalue weighted by Gasteiger charge is 2.41. The van der Waals surface area contributed by atoms with Gasteiger partial charge in [-0.05, 0) is 112 Å². The molecule has 20 heteroatoms. The maximum absolute atomic E-state index is 15.0. The number of nitrogens with zero attached hydrogens (tertiary/aromatic N) is 8. The van der Waals surface area contributed by atoms with Gasteiger partial charge < -0.3 is 9.13 Å². The van der Waals surface area contributed by atoms with Crippen molar-refractivity contribution in [3.8, 4) is 124 Å². The minimum atomic E-state index is -5.18. The Kier molecular flexibility index (Phi) is 16.5. The number of rotatable bonds is 12. The van der Waals surface area contributed by atoms with Crippen LogP contribution < -0.4 is 0 Å². The van der Waals surface area contributed by atoms with Gasteiger partial charge in [-0.15, -0.1) is 0 Å². The molecule has 0 aliphatic heterocycles. The van der Waals surface area contributed by atoms with Crippen LogP contribution in [0.5, 0.6) is 0 Å². The second-order valence-electron chi connectivity index (χ2n) is 25.7. The minimum absolute atomic E-state index is 0.0121. The molecule has 8 nitrogen and oxygen atoms in total. The highest BCUT2D eigenvalue weighted by atomic mass is 19.4. The molecular formula is C88H50F12N8. The Balaban J connectivity index is 0.952. The van der Waals surface area contributed by atoms with Gasteiger partial charge >= 0.3 is 24.7 Å². The quantitative estimate of drug-likeness (QED) is 0.113. The maximum Gasteiger partial charge on any atom is 0.417 e. The van der Waals surface area contributed by atoms with Crippen LogP contribution in [0, 0.1) is 0 Å². The van der Waals surface area contributed by atoms with Crippen LogP contribution in [0.3, 0.4) is 0 Å². The number of aromatic nitrogens is 8. The molecule has 0 saturated heterocycles. The molecule has 0 aliphatic carbocycles. The molecule has 17 rings (SSSR count). The van der Waals surface area contributed by atoms with Crippen molar-refractivity contribution in [3.63, 3.8) is 0 Å². The van der Waals surface area contributed by atoms with Crippen molar-refractivity contribution in [1.29, 1.82) is 0 Å². The van der Waals surface area contributed by atoms with E-state index in [0.717, 1.165) is 12.1 Å². The molecule has 0 radical (unpaired) electrons. The van der Waals surface area contributed by atoms with Crippen molar-refractivity contribution in [2.75, 3.05) is 0 Å². The lowest BCUT2D eigenvalue weighted by atomic mass is 9.91. The first-order valence-corrected chi connectivity index (χ1v) is 33.9. The number of hydrogen-bond donors (Lipinski definition) is 0. The van der Waals surface area contributed by atoms with Crippen LogP contribution >= 0.6 is 0 Å². The zero-order valence-electron chi connectivity index (χ0n) is 56.0. The molecule has 0 bridgehead atoms. The predicted octanol–water partition coefficient (Wildman–Crippen LogP) is 25.0. The van der Waals surface area contributed by atoms with Crippen LogP contribution in [0.15, 0.2) is 303 Å². The zero-order valence-corrected chi connectivity index (χ0v) is 56.0. The molecule has 13 aromatic carbocycles. The molecule has 0 N–H and O–H groups in total. The van der Waals surface area contributed by atoms with E-state index in [0.29, 0.717) is 146 Å². The molecule has 4 aromatic heterocycles. The van der Waals surface area contributed by atoms with E-state index in [1.54, 1.807) is 36.4 Å². The van der Waals surface area contributed by atoms with Crippen molar-refractivity contribution in [1.82, 2.24) is 39.0 Å². The Bertz CT molecular complexity index is 5870. The number of hydrogen-bond acceptors (Lipinski definition) is 6. The Hall–Kier alpha value is -13.4. The summed E-state index contributed by atoms with van der Waals surface area (Å²) < 4.78 is 179. The second-order valence-corrected chi connectivity index (χ2v) is 25.7. The van der Waals surface area contributed by atoms with Gasteiger partial charge in [0.2, 0.25) is 0 Å². The SMILES string of the molecule is FC(F)(F)c1ccc(-c2ccc3c(c2)c2ccccc2n3-c2cccc(-c3nc(-c4ccccc4)nc(-c4ccccc4)n3)c2-c2cccc(-c3c(-c4nc(-c5ccccc5)nc(-c5ccccc5)n4)cccc3-n3c4ccccc4c4cc(-c5ccc(C(F)(F)F)cc5C(F)(F)F)ccc43)c2)c(C(F)(F)F)c1. The summed E-state index contributed by atoms with van der Waals surface area (Å²) >= 11 is 0. The molecule has 0 saturated carbocycles. The zero-order chi connectivity index (χ0) is 74.4. The first-order chi connectivity index (χ1) is 52.1. The van der Waals surface area contributed by atoms with Crippen molar-refractivity contribution < 1.29 is 52.7 Å². The summed E-state index contributed by atoms with van der Waals surface area (Å²) in [6.45, 7) is 0. The van der Waals surface area contributed by atoms with Gasteiger partial charge in [-0.1, -0.05) is 224 Å². The van der Waals surface area contributed by atoms with Gasteiger partial charge in [0.1, 0.15) is 0 Å². The molecule has 526 valence electrons. The molecule has 0 amide bonds. The third kappa shape index (κ3) is 12.4. The maximum atomic E-state index is 15.0. The second kappa shape index (κ2) is 26.3. The van der Waals surface area contributed by atoms with Gasteiger partial charge in [-0.3, -0.25) is 0 Å². The van der Waals surface area contributed by atoms with Gasteiger partial charge in [-0.2, -0.15) is 52.7 Å². The standard InChI is InChI=1S/C88H50F12N8/c89-85(90,91)59-40-42-61(69(49-59)87(95,96)97)55-38-44-73-67(47-55)63-30-13-15-34-71(63)107(73)75-36-18-32-65(83-103-79(51-20-5-1-6-21-51)101-80(104-83)52-22-7-2-8-23-52)77(75)57-28-17-29-58(46-57)78-66(84-105-81(53-24-9-3-10-25-53)102-82(106-84)54-26-11-4-12-27-54)33-19-37-76(78)108-72-35-16-14-31-64(72)68-48-56(39-45-74(68)108)62-43-41-60(86(92,93)94)50-70(62)88(98,99)100/h1-50H. The van der Waals surface area contributed by atoms with Crippen LogP contribution in [-0.4, -0.2) is 39.0 Å². The van der Waals surface area contributed by atoms with Crippen LogP contribution in [-0.2, 0) is 24.7 Å². The Morgan fingerprint density at radius 1 is 0.204 bits per heavy atom. The minimum Gasteiger partial charge on any atom is -0.309 e. The lowest BCUT2D eigenvalue weighted by molar-refractivity contribution is -0.144. The van der Waals surface area contributed by atoms with Crippen LogP contribution in [0.4, 0.5) is 52.7 Å². The summed E-state index contributed by atoms with van der Waals surface area (Å²) in [4.78, 5) is 31.2. The third-order valence-electron chi connectivity index (χ3n) is 19.2. The molecule has 0 fully saturated rings. The molecule has 0 atom stereocenters. The van der Waals surface area contributed by atoms with E-state index in [9.17, 15) is 26.3 Å². The fourth-order valence-electron chi connectivity index (χ4n) is 14.3. The summed E-state index contributed by atoms with van der Waals surface area (Å²) in [5.74, 6) is 1.85. The molecule has 17 aromatic rings. The van der Waals surface area contributed by atoms with E-state index in [1.165, 1.54) is 12.1 Å². The molecule has 4 heterocycles. The third-order valence-corrected chi connectivity index (χ3v) is 19.2. The fourth-order valence-corrected chi connectivity index (χ4v) is 14.3. The van der Waals surface area contributed by atoms with Gasteiger partial charge in [0.05, 0.1) is 55.7 Å². The van der Waals surface area contributed by atoms with E-state index in [2.05, 4.69) is 0 Å². The Morgan fingerprint density at radius 3 is 0.852 bits per heavy atom. The first-order valence-electron chi connectivity index (χ1n) is 33.9. The summed E-state index contributed by atoms with van der Waals surface area (Å²) in [5.41, 5.74) is 2.49. The van der Waals surface area contributed by atoms with Crippen molar-refractivity contribution >= 4 is 43.6 Å². The number of halogens is 12. The van der Waals surface area contributed by atoms with Crippen LogP contribution in [0.1, 0.15) is 22.3 Å². The highest BCUT2D eigenvalue weighted by molar-refractivity contribution is 6.13. The summed E-state index contributed by atoms with van der Waals surface area (Å²) in [7, 11) is 0. The van der Waals surface area contributed by atoms with Gasteiger partial charge in [0.25, 0.3) is 0 Å². The summed E-state index contributed by atoms with van der Waals surface area (Å²) in [5, 5.41) is 2.13. The van der Waals surface area contributed by atoms with Gasteiger partial charge in [0, 0.05) is 66.1 Å². The number of fused-ring (bicyclic) bond motifs is 6. The van der Waals surface area contributed by atoms with Gasteiger partial charge in [-0.25, -0.2) is 29.9 Å². The van der Waals surface area contributed by atoms with Crippen LogP contribution in [0.25, 0.3) is 168 Å². The average Bonchev–Trinajstić information content (AvgIpc) is 1.59. The molecule has 0 spiro atoms. The Labute approximate surface area is 606 Å². The van der Waals surface area contributed by atoms with Crippen molar-refractivity contribution in [2.24, 2.45) is 0 Å². The van der Waals surface area contributed by atoms with E-state index < -0.39 is 58.1 Å². The molecule has 0 aliphatic rings. The van der Waals surface area contributed by atoms with E-state index in [4.69, 9.17) is 29.9 Å². The number of benzene rings is 13. The van der Waals surface area contributed by atoms with Gasteiger partial charge in [0.15, 0.2) is 34.9 Å². The van der Waals surface area contributed by atoms with E-state index >= 15 is 26.3 Å². The van der Waals surface area contributed by atoms with Crippen LogP contribution in [0.2, 0.25) is 0 Å². The highest BCUT2D eigenvalue weighted by Crippen LogP contribution is 2.50. The van der Waals surface area contributed by atoms with Crippen molar-refractivity contribution in [3.05, 3.63) is 326 Å². The lowest BCUT2D eigenvalue weighted by Crippen LogP contribution is -2.12. The molecule has 0 unspecified atom stereocenters. The number of para-hydroxylation sites is 2. The van der Waals surface area contributed by atoms with E-state index in [-0.39, 0.29) is 34.9 Å². The molecule has 108 heavy (non-hydrogen) atoms. The largest absolute Gasteiger partial charge is 0.417 e. The molecular weight excluding hydrogens is 1400 g/mol. The fraction of sp³-hybridized carbons (Fsp3) is 0.0455. The normalized spacial score (nSPS) is 12.3. The van der Waals surface area contributed by atoms with E-state index in [1.807, 2.05) is 228 Å². The summed E-state index contributed by atoms with van der Waals surface area (Å²) in [6, 6.07) is 83.6. The average molecular weight is 1450 g/mol. The smallest absolute Gasteiger partial charge is 0.309 e.